The van der Waals surface area contributed by atoms with Gasteiger partial charge in [-0.3, -0.25) is 4.90 Å². The minimum Gasteiger partial charge on any atom is -0.457 e. The van der Waals surface area contributed by atoms with E-state index in [-0.39, 0.29) is 12.6 Å². The molecule has 0 radical (unpaired) electrons. The number of nitrogens with one attached hydrogen (secondary N) is 1. The third-order valence-electron chi connectivity index (χ3n) is 3.59. The Morgan fingerprint density at radius 2 is 1.91 bits per heavy atom. The highest BCUT2D eigenvalue weighted by atomic mass is 19.1. The first-order chi connectivity index (χ1) is 11.1. The van der Waals surface area contributed by atoms with Gasteiger partial charge in [-0.15, -0.1) is 0 Å². The molecule has 0 bridgehead atoms. The zero-order valence-electron chi connectivity index (χ0n) is 12.3. The van der Waals surface area contributed by atoms with Gasteiger partial charge in [-0.05, 0) is 30.3 Å². The topological polar surface area (TPSA) is 58.6 Å². The van der Waals surface area contributed by atoms with Gasteiger partial charge in [0.25, 0.3) is 0 Å². The van der Waals surface area contributed by atoms with E-state index >= 15 is 0 Å². The number of esters is 1. The van der Waals surface area contributed by atoms with Crippen LogP contribution in [0.1, 0.15) is 15.9 Å². The van der Waals surface area contributed by atoms with Gasteiger partial charge in [0.1, 0.15) is 12.4 Å². The van der Waals surface area contributed by atoms with Crippen LogP contribution in [0.3, 0.4) is 0 Å². The van der Waals surface area contributed by atoms with E-state index in [9.17, 15) is 14.0 Å². The minimum absolute atomic E-state index is 0.123. The maximum atomic E-state index is 13.5. The van der Waals surface area contributed by atoms with Crippen LogP contribution >= 0.6 is 0 Å². The summed E-state index contributed by atoms with van der Waals surface area (Å²) in [4.78, 5) is 25.2. The van der Waals surface area contributed by atoms with Crippen LogP contribution in [-0.2, 0) is 11.3 Å². The van der Waals surface area contributed by atoms with E-state index in [1.807, 2.05) is 0 Å². The van der Waals surface area contributed by atoms with Crippen molar-refractivity contribution in [1.29, 1.82) is 0 Å². The highest BCUT2D eigenvalue weighted by molar-refractivity contribution is 5.95. The summed E-state index contributed by atoms with van der Waals surface area (Å²) in [5, 5.41) is 2.71. The van der Waals surface area contributed by atoms with Crippen LogP contribution in [0.4, 0.5) is 14.9 Å². The lowest BCUT2D eigenvalue weighted by Gasteiger charge is -2.14. The van der Waals surface area contributed by atoms with Gasteiger partial charge in [-0.25, -0.2) is 14.0 Å². The predicted molar refractivity (Wildman–Crippen MR) is 82.7 cm³/mol. The van der Waals surface area contributed by atoms with Gasteiger partial charge < -0.3 is 10.1 Å². The van der Waals surface area contributed by atoms with Gasteiger partial charge in [0.05, 0.1) is 5.56 Å². The number of carbonyl (C=O) groups is 2. The second kappa shape index (κ2) is 6.48. The molecule has 23 heavy (non-hydrogen) atoms. The molecule has 0 saturated carbocycles. The third kappa shape index (κ3) is 3.31. The second-order valence-corrected chi connectivity index (χ2v) is 5.10. The fourth-order valence-corrected chi connectivity index (χ4v) is 2.34. The maximum Gasteiger partial charge on any atom is 0.338 e. The molecule has 1 saturated heterocycles. The Hall–Kier alpha value is -2.89. The number of anilines is 1. The fraction of sp³-hybridized carbons (Fsp3) is 0.176. The predicted octanol–water partition coefficient (Wildman–Crippen LogP) is 2.71. The molecule has 5 nitrogen and oxygen atoms in total. The standard InChI is InChI=1S/C17H15FN2O3/c18-15-4-2-1-3-13(15)11-23-16(21)12-5-7-14(8-6-12)20-10-9-19-17(20)22/h1-8H,9-11H2,(H,19,22). The summed E-state index contributed by atoms with van der Waals surface area (Å²) in [7, 11) is 0. The largest absolute Gasteiger partial charge is 0.457 e. The molecular weight excluding hydrogens is 299 g/mol. The SMILES string of the molecule is O=C(OCc1ccccc1F)c1ccc(N2CCNC2=O)cc1. The summed E-state index contributed by atoms with van der Waals surface area (Å²) in [5.74, 6) is -0.943. The van der Waals surface area contributed by atoms with E-state index in [1.165, 1.54) is 6.07 Å². The smallest absolute Gasteiger partial charge is 0.338 e. The molecule has 1 fully saturated rings. The van der Waals surface area contributed by atoms with E-state index in [1.54, 1.807) is 47.4 Å². The molecule has 3 rings (SSSR count). The Morgan fingerprint density at radius 3 is 2.57 bits per heavy atom. The lowest BCUT2D eigenvalue weighted by molar-refractivity contribution is 0.0469. The monoisotopic (exact) mass is 314 g/mol. The van der Waals surface area contributed by atoms with Crippen molar-refractivity contribution in [1.82, 2.24) is 5.32 Å². The van der Waals surface area contributed by atoms with Crippen LogP contribution < -0.4 is 10.2 Å². The Kier molecular flexibility index (Phi) is 4.23. The van der Waals surface area contributed by atoms with E-state index in [2.05, 4.69) is 5.32 Å². The van der Waals surface area contributed by atoms with Crippen LogP contribution in [-0.4, -0.2) is 25.1 Å². The molecule has 1 aliphatic heterocycles. The second-order valence-electron chi connectivity index (χ2n) is 5.10. The van der Waals surface area contributed by atoms with Crippen molar-refractivity contribution in [3.8, 4) is 0 Å². The molecule has 2 amide bonds. The summed E-state index contributed by atoms with van der Waals surface area (Å²) in [6.07, 6.45) is 0. The lowest BCUT2D eigenvalue weighted by Crippen LogP contribution is -2.27. The van der Waals surface area contributed by atoms with Gasteiger partial charge in [0.15, 0.2) is 0 Å². The molecule has 2 aromatic rings. The Labute approximate surface area is 132 Å². The molecular formula is C17H15FN2O3. The lowest BCUT2D eigenvalue weighted by atomic mass is 10.2. The first-order valence-corrected chi connectivity index (χ1v) is 7.21. The van der Waals surface area contributed by atoms with Gasteiger partial charge in [-0.1, -0.05) is 18.2 Å². The average molecular weight is 314 g/mol. The fourth-order valence-electron chi connectivity index (χ4n) is 2.34. The van der Waals surface area contributed by atoms with Crippen molar-refractivity contribution in [2.24, 2.45) is 0 Å². The molecule has 6 heteroatoms. The normalized spacial score (nSPS) is 13.8. The molecule has 1 aliphatic rings. The number of rotatable bonds is 4. The number of carbonyl (C=O) groups excluding carboxylic acids is 2. The number of amides is 2. The number of nitrogens with zero attached hydrogens (tertiary/aromatic N) is 1. The zero-order valence-corrected chi connectivity index (χ0v) is 12.3. The van der Waals surface area contributed by atoms with Crippen molar-refractivity contribution in [3.05, 3.63) is 65.5 Å². The summed E-state index contributed by atoms with van der Waals surface area (Å²) in [6, 6.07) is 12.5. The highest BCUT2D eigenvalue weighted by Gasteiger charge is 2.21. The highest BCUT2D eigenvalue weighted by Crippen LogP contribution is 2.18. The Bertz CT molecular complexity index is 731. The Morgan fingerprint density at radius 1 is 1.17 bits per heavy atom. The number of halogens is 1. The summed E-state index contributed by atoms with van der Waals surface area (Å²) >= 11 is 0. The van der Waals surface area contributed by atoms with Crippen LogP contribution in [0.2, 0.25) is 0 Å². The zero-order chi connectivity index (χ0) is 16.2. The van der Waals surface area contributed by atoms with Gasteiger partial charge in [0, 0.05) is 24.3 Å². The van der Waals surface area contributed by atoms with Crippen molar-refractivity contribution in [2.75, 3.05) is 18.0 Å². The molecule has 118 valence electrons. The number of hydrogen-bond acceptors (Lipinski definition) is 3. The molecule has 0 unspecified atom stereocenters. The first kappa shape index (κ1) is 15.0. The van der Waals surface area contributed by atoms with E-state index in [4.69, 9.17) is 4.74 Å². The minimum atomic E-state index is -0.536. The van der Waals surface area contributed by atoms with Crippen molar-refractivity contribution >= 4 is 17.7 Å². The van der Waals surface area contributed by atoms with Gasteiger partial charge in [0.2, 0.25) is 0 Å². The molecule has 0 atom stereocenters. The van der Waals surface area contributed by atoms with Crippen LogP contribution in [0.5, 0.6) is 0 Å². The third-order valence-corrected chi connectivity index (χ3v) is 3.59. The van der Waals surface area contributed by atoms with Crippen LogP contribution in [0.25, 0.3) is 0 Å². The van der Waals surface area contributed by atoms with Gasteiger partial charge >= 0.3 is 12.0 Å². The summed E-state index contributed by atoms with van der Waals surface area (Å²) in [5.41, 5.74) is 1.39. The summed E-state index contributed by atoms with van der Waals surface area (Å²) < 4.78 is 18.6. The molecule has 0 aromatic heterocycles. The van der Waals surface area contributed by atoms with E-state index < -0.39 is 11.8 Å². The number of urea groups is 1. The number of ether oxygens (including phenoxy) is 1. The molecule has 2 aromatic carbocycles. The molecule has 1 N–H and O–H groups in total. The number of hydrogen-bond donors (Lipinski definition) is 1. The van der Waals surface area contributed by atoms with Crippen molar-refractivity contribution in [2.45, 2.75) is 6.61 Å². The van der Waals surface area contributed by atoms with Crippen molar-refractivity contribution < 1.29 is 18.7 Å². The first-order valence-electron chi connectivity index (χ1n) is 7.21. The van der Waals surface area contributed by atoms with Crippen molar-refractivity contribution in [3.63, 3.8) is 0 Å². The molecule has 1 heterocycles. The van der Waals surface area contributed by atoms with Crippen LogP contribution in [0, 0.1) is 5.82 Å². The van der Waals surface area contributed by atoms with E-state index in [0.29, 0.717) is 29.9 Å². The average Bonchev–Trinajstić information content (AvgIpc) is 3.00. The van der Waals surface area contributed by atoms with E-state index in [0.717, 1.165) is 0 Å². The van der Waals surface area contributed by atoms with Crippen LogP contribution in [0.15, 0.2) is 48.5 Å². The molecule has 0 spiro atoms. The quantitative estimate of drug-likeness (QED) is 0.883. The molecule has 0 aliphatic carbocycles. The van der Waals surface area contributed by atoms with Gasteiger partial charge in [-0.2, -0.15) is 0 Å². The summed E-state index contributed by atoms with van der Waals surface area (Å²) in [6.45, 7) is 1.07. The number of benzene rings is 2. The Balaban J connectivity index is 1.64. The maximum absolute atomic E-state index is 13.5.